The van der Waals surface area contributed by atoms with E-state index in [2.05, 4.69) is 24.1 Å². The van der Waals surface area contributed by atoms with Gasteiger partial charge in [0.1, 0.15) is 12.2 Å². The van der Waals surface area contributed by atoms with Gasteiger partial charge < -0.3 is 19.5 Å². The van der Waals surface area contributed by atoms with E-state index in [-0.39, 0.29) is 11.5 Å². The number of nitrogens with zero attached hydrogens (tertiary/aromatic N) is 1. The van der Waals surface area contributed by atoms with Crippen molar-refractivity contribution in [3.63, 3.8) is 0 Å². The molecule has 148 valence electrons. The number of benzene rings is 1. The van der Waals surface area contributed by atoms with Crippen molar-refractivity contribution in [2.75, 3.05) is 20.7 Å². The van der Waals surface area contributed by atoms with Crippen LogP contribution in [0.4, 0.5) is 0 Å². The van der Waals surface area contributed by atoms with E-state index in [1.165, 1.54) is 11.1 Å². The minimum absolute atomic E-state index is 0.0806. The maximum Gasteiger partial charge on any atom is 0.394 e. The number of hydrogen-bond donors (Lipinski definition) is 3. The van der Waals surface area contributed by atoms with Crippen molar-refractivity contribution in [1.82, 2.24) is 4.90 Å². The van der Waals surface area contributed by atoms with Gasteiger partial charge in [-0.2, -0.15) is 8.42 Å². The quantitative estimate of drug-likeness (QED) is 0.472. The molecule has 9 heteroatoms. The van der Waals surface area contributed by atoms with Crippen LogP contribution in [0.1, 0.15) is 17.5 Å². The smallest absolute Gasteiger partial charge is 0.394 e. The normalized spacial score (nSPS) is 35.6. The first-order valence-electron chi connectivity index (χ1n) is 8.80. The van der Waals surface area contributed by atoms with E-state index in [0.29, 0.717) is 12.0 Å². The van der Waals surface area contributed by atoms with Crippen LogP contribution in [0, 0.1) is 5.92 Å². The summed E-state index contributed by atoms with van der Waals surface area (Å²) < 4.78 is 43.4. The predicted molar refractivity (Wildman–Crippen MR) is 96.6 cm³/mol. The predicted octanol–water partition coefficient (Wildman–Crippen LogP) is 0.848. The summed E-state index contributed by atoms with van der Waals surface area (Å²) >= 11 is 0. The van der Waals surface area contributed by atoms with Crippen LogP contribution in [0.5, 0.6) is 11.5 Å². The van der Waals surface area contributed by atoms with Crippen molar-refractivity contribution in [2.45, 2.75) is 36.5 Å². The number of rotatable bonds is 1. The third-order valence-corrected chi connectivity index (χ3v) is 6.35. The molecule has 2 aliphatic heterocycles. The summed E-state index contributed by atoms with van der Waals surface area (Å²) in [7, 11) is -0.760. The highest BCUT2D eigenvalue weighted by molar-refractivity contribution is 7.79. The summed E-state index contributed by atoms with van der Waals surface area (Å²) in [5.41, 5.74) is 2.60. The fourth-order valence-corrected chi connectivity index (χ4v) is 5.39. The summed E-state index contributed by atoms with van der Waals surface area (Å²) in [4.78, 5) is 2.47. The Labute approximate surface area is 158 Å². The van der Waals surface area contributed by atoms with E-state index < -0.39 is 16.5 Å². The molecule has 1 saturated heterocycles. The Bertz CT molecular complexity index is 891. The number of piperidine rings is 1. The number of methoxy groups -OCH3 is 1. The van der Waals surface area contributed by atoms with Crippen LogP contribution in [0.3, 0.4) is 0 Å². The van der Waals surface area contributed by atoms with Gasteiger partial charge in [-0.05, 0) is 38.1 Å². The SMILES string of the molecule is COc1ccc2c3c1O[C@H]1[C@@H](O)C=C[C@H]4[C@H](C2)N(C)CC[C@@]341.O=S(=O)(O)O. The van der Waals surface area contributed by atoms with E-state index in [1.807, 2.05) is 12.1 Å². The van der Waals surface area contributed by atoms with Gasteiger partial charge >= 0.3 is 10.4 Å². The zero-order chi connectivity index (χ0) is 19.6. The molecule has 1 aromatic carbocycles. The highest BCUT2D eigenvalue weighted by Gasteiger charge is 2.64. The van der Waals surface area contributed by atoms with Crippen LogP contribution >= 0.6 is 0 Å². The third kappa shape index (κ3) is 2.76. The van der Waals surface area contributed by atoms with Crippen molar-refractivity contribution < 1.29 is 32.1 Å². The number of likely N-dealkylation sites (tertiary alicyclic amines) is 1. The molecule has 4 aliphatic rings. The highest BCUT2D eigenvalue weighted by Crippen LogP contribution is 2.62. The van der Waals surface area contributed by atoms with E-state index in [1.54, 1.807) is 7.11 Å². The van der Waals surface area contributed by atoms with E-state index in [4.69, 9.17) is 27.0 Å². The van der Waals surface area contributed by atoms with Crippen LogP contribution in [0.2, 0.25) is 0 Å². The molecule has 1 spiro atoms. The van der Waals surface area contributed by atoms with Gasteiger partial charge in [-0.15, -0.1) is 0 Å². The monoisotopic (exact) mass is 397 g/mol. The lowest BCUT2D eigenvalue weighted by atomic mass is 9.53. The van der Waals surface area contributed by atoms with Crippen molar-refractivity contribution >= 4 is 10.4 Å². The standard InChI is InChI=1S/C18H21NO3.H2O4S/c1-19-8-7-18-11-4-5-13(20)17(18)22-16-14(21-2)6-3-10(15(16)18)9-12(11)19;1-5(2,3)4/h3-6,11-13,17,20H,7-9H2,1-2H3;(H2,1,2,3,4)/t11-,12-,13-,17-,18-;/m0./s1. The first-order chi connectivity index (χ1) is 12.7. The molecule has 0 unspecified atom stereocenters. The molecule has 3 N–H and O–H groups in total. The summed E-state index contributed by atoms with van der Waals surface area (Å²) in [6, 6.07) is 4.70. The maximum absolute atomic E-state index is 10.6. The lowest BCUT2D eigenvalue weighted by Crippen LogP contribution is -2.64. The lowest BCUT2D eigenvalue weighted by molar-refractivity contribution is -0.0453. The van der Waals surface area contributed by atoms with Crippen molar-refractivity contribution in [3.05, 3.63) is 35.4 Å². The average Bonchev–Trinajstić information content (AvgIpc) is 2.93. The number of aliphatic hydroxyl groups is 1. The zero-order valence-electron chi connectivity index (χ0n) is 15.1. The van der Waals surface area contributed by atoms with Crippen LogP contribution in [-0.4, -0.2) is 66.5 Å². The van der Waals surface area contributed by atoms with Crippen LogP contribution < -0.4 is 9.47 Å². The van der Waals surface area contributed by atoms with Crippen molar-refractivity contribution in [3.8, 4) is 11.5 Å². The third-order valence-electron chi connectivity index (χ3n) is 6.35. The molecule has 8 nitrogen and oxygen atoms in total. The number of hydrogen-bond acceptors (Lipinski definition) is 6. The van der Waals surface area contributed by atoms with Crippen molar-refractivity contribution in [1.29, 1.82) is 0 Å². The van der Waals surface area contributed by atoms with Gasteiger partial charge in [-0.25, -0.2) is 0 Å². The lowest BCUT2D eigenvalue weighted by Gasteiger charge is -2.56. The molecule has 0 saturated carbocycles. The first-order valence-corrected chi connectivity index (χ1v) is 10.2. The number of aliphatic hydroxyl groups excluding tert-OH is 1. The zero-order valence-corrected chi connectivity index (χ0v) is 15.9. The van der Waals surface area contributed by atoms with Crippen LogP contribution in [-0.2, 0) is 22.2 Å². The Hall–Kier alpha value is -1.65. The van der Waals surface area contributed by atoms with E-state index in [0.717, 1.165) is 30.9 Å². The molecule has 2 bridgehead atoms. The average molecular weight is 397 g/mol. The second-order valence-corrected chi connectivity index (χ2v) is 8.46. The Morgan fingerprint density at radius 2 is 2.00 bits per heavy atom. The molecule has 2 aliphatic carbocycles. The molecule has 0 amide bonds. The first kappa shape index (κ1) is 18.7. The summed E-state index contributed by atoms with van der Waals surface area (Å²) in [6.07, 6.45) is 5.54. The number of ether oxygens (including phenoxy) is 2. The van der Waals surface area contributed by atoms with E-state index in [9.17, 15) is 5.11 Å². The van der Waals surface area contributed by atoms with Crippen LogP contribution in [0.15, 0.2) is 24.3 Å². The van der Waals surface area contributed by atoms with Gasteiger partial charge in [-0.3, -0.25) is 9.11 Å². The molecule has 1 fully saturated rings. The Kier molecular flexibility index (Phi) is 4.28. The van der Waals surface area contributed by atoms with Gasteiger partial charge in [0.15, 0.2) is 11.5 Å². The molecule has 2 heterocycles. The van der Waals surface area contributed by atoms with Gasteiger partial charge in [0.2, 0.25) is 0 Å². The van der Waals surface area contributed by atoms with Crippen molar-refractivity contribution in [2.24, 2.45) is 5.92 Å². The van der Waals surface area contributed by atoms with E-state index >= 15 is 0 Å². The minimum atomic E-state index is -4.67. The maximum atomic E-state index is 10.6. The van der Waals surface area contributed by atoms with Crippen LogP contribution in [0.25, 0.3) is 0 Å². The minimum Gasteiger partial charge on any atom is -0.493 e. The molecular formula is C18H23NO7S. The number of likely N-dealkylation sites (N-methyl/N-ethyl adjacent to an activating group) is 1. The summed E-state index contributed by atoms with van der Waals surface area (Å²) in [6.45, 7) is 1.05. The largest absolute Gasteiger partial charge is 0.493 e. The Balaban J connectivity index is 0.000000323. The fraction of sp³-hybridized carbons (Fsp3) is 0.556. The second-order valence-electron chi connectivity index (χ2n) is 7.56. The fourth-order valence-electron chi connectivity index (χ4n) is 5.39. The van der Waals surface area contributed by atoms with Gasteiger partial charge in [0.05, 0.1) is 7.11 Å². The molecule has 1 aromatic rings. The molecule has 0 aromatic heterocycles. The molecule has 5 rings (SSSR count). The second kappa shape index (κ2) is 6.18. The van der Waals surface area contributed by atoms with Gasteiger partial charge in [0.25, 0.3) is 0 Å². The summed E-state index contributed by atoms with van der Waals surface area (Å²) in [5, 5.41) is 10.6. The molecular weight excluding hydrogens is 374 g/mol. The van der Waals surface area contributed by atoms with Gasteiger partial charge in [-0.1, -0.05) is 18.2 Å². The summed E-state index contributed by atoms with van der Waals surface area (Å²) in [5.74, 6) is 2.09. The molecule has 27 heavy (non-hydrogen) atoms. The topological polar surface area (TPSA) is 117 Å². The Morgan fingerprint density at radius 3 is 2.67 bits per heavy atom. The van der Waals surface area contributed by atoms with Gasteiger partial charge in [0, 0.05) is 22.9 Å². The Morgan fingerprint density at radius 1 is 1.30 bits per heavy atom. The molecule has 5 atom stereocenters. The molecule has 0 radical (unpaired) electrons. The highest BCUT2D eigenvalue weighted by atomic mass is 32.3.